The second-order valence-electron chi connectivity index (χ2n) is 5.75. The van der Waals surface area contributed by atoms with Crippen molar-refractivity contribution in [3.63, 3.8) is 0 Å². The predicted molar refractivity (Wildman–Crippen MR) is 65.3 cm³/mol. The molecule has 0 spiro atoms. The number of alkyl halides is 10. The molecule has 3 atom stereocenters. The third-order valence-corrected chi connectivity index (χ3v) is 4.14. The highest BCUT2D eigenvalue weighted by Gasteiger charge is 2.82. The van der Waals surface area contributed by atoms with Crippen LogP contribution < -0.4 is 0 Å². The molecule has 24 heavy (non-hydrogen) atoms. The lowest BCUT2D eigenvalue weighted by Gasteiger charge is -2.46. The van der Waals surface area contributed by atoms with E-state index >= 15 is 0 Å². The summed E-state index contributed by atoms with van der Waals surface area (Å²) in [7, 11) is 0. The Balaban J connectivity index is 6.25. The highest BCUT2D eigenvalue weighted by Crippen LogP contribution is 2.56. The molecular formula is C13H18F10O. The molecule has 0 aliphatic carbocycles. The van der Waals surface area contributed by atoms with E-state index in [2.05, 4.69) is 4.74 Å². The van der Waals surface area contributed by atoms with Gasteiger partial charge < -0.3 is 4.74 Å². The van der Waals surface area contributed by atoms with Crippen LogP contribution >= 0.6 is 0 Å². The van der Waals surface area contributed by atoms with Crippen LogP contribution in [-0.2, 0) is 4.74 Å². The zero-order valence-corrected chi connectivity index (χ0v) is 13.3. The van der Waals surface area contributed by atoms with Crippen molar-refractivity contribution in [2.24, 2.45) is 0 Å². The molecular weight excluding hydrogens is 362 g/mol. The molecule has 3 unspecified atom stereocenters. The highest BCUT2D eigenvalue weighted by atomic mass is 19.4. The maximum absolute atomic E-state index is 14.3. The molecule has 0 amide bonds. The molecule has 0 radical (unpaired) electrons. The molecule has 0 aromatic carbocycles. The normalized spacial score (nSPS) is 21.8. The van der Waals surface area contributed by atoms with Crippen LogP contribution in [0.3, 0.4) is 0 Å². The van der Waals surface area contributed by atoms with E-state index in [1.54, 1.807) is 0 Å². The van der Waals surface area contributed by atoms with Crippen LogP contribution in [0.15, 0.2) is 0 Å². The van der Waals surface area contributed by atoms with Crippen molar-refractivity contribution >= 4 is 0 Å². The monoisotopic (exact) mass is 380 g/mol. The van der Waals surface area contributed by atoms with Gasteiger partial charge in [-0.15, -0.1) is 0 Å². The van der Waals surface area contributed by atoms with E-state index in [9.17, 15) is 43.9 Å². The highest BCUT2D eigenvalue weighted by molar-refractivity contribution is 5.09. The summed E-state index contributed by atoms with van der Waals surface area (Å²) in [6, 6.07) is 0. The summed E-state index contributed by atoms with van der Waals surface area (Å²) in [5.74, 6) is -4.66. The van der Waals surface area contributed by atoms with Crippen LogP contribution in [0.1, 0.15) is 40.5 Å². The first kappa shape index (κ1) is 23.3. The van der Waals surface area contributed by atoms with Crippen LogP contribution in [0, 0.1) is 0 Å². The average Bonchev–Trinajstić information content (AvgIpc) is 2.43. The van der Waals surface area contributed by atoms with Crippen LogP contribution in [0.5, 0.6) is 0 Å². The minimum atomic E-state index is -6.49. The fourth-order valence-electron chi connectivity index (χ4n) is 1.91. The minimum absolute atomic E-state index is 0.0889. The minimum Gasteiger partial charge on any atom is -0.305 e. The van der Waals surface area contributed by atoms with Gasteiger partial charge in [0.15, 0.2) is 12.3 Å². The Morgan fingerprint density at radius 1 is 0.750 bits per heavy atom. The molecule has 0 aliphatic heterocycles. The van der Waals surface area contributed by atoms with Crippen LogP contribution in [0.4, 0.5) is 43.9 Å². The zero-order valence-electron chi connectivity index (χ0n) is 13.3. The van der Waals surface area contributed by atoms with Gasteiger partial charge in [-0.1, -0.05) is 13.8 Å². The Labute approximate surface area is 132 Å². The summed E-state index contributed by atoms with van der Waals surface area (Å²) in [4.78, 5) is 0. The summed E-state index contributed by atoms with van der Waals surface area (Å²) in [5.41, 5.74) is -13.6. The topological polar surface area (TPSA) is 9.23 Å². The third-order valence-electron chi connectivity index (χ3n) is 4.14. The molecule has 0 N–H and O–H groups in total. The van der Waals surface area contributed by atoms with Crippen LogP contribution in [-0.4, -0.2) is 41.8 Å². The molecule has 0 aromatic rings. The largest absolute Gasteiger partial charge is 0.434 e. The standard InChI is InChI=1S/C13H18F10O/c1-5-8(3,15)11(18,12(19,20)21)13(22,23)24-9(4,6-2)10(16,17)7-14/h5-7H2,1-4H3. The smallest absolute Gasteiger partial charge is 0.305 e. The SMILES string of the molecule is CCC(C)(F)C(F)(C(F)(F)F)C(F)(F)OC(C)(CC)C(F)(F)CF. The summed E-state index contributed by atoms with van der Waals surface area (Å²) in [5, 5.41) is 0. The van der Waals surface area contributed by atoms with Crippen molar-refractivity contribution in [3.8, 4) is 0 Å². The van der Waals surface area contributed by atoms with Gasteiger partial charge in [-0.3, -0.25) is 0 Å². The van der Waals surface area contributed by atoms with E-state index in [4.69, 9.17) is 0 Å². The zero-order chi connectivity index (χ0) is 19.8. The third kappa shape index (κ3) is 3.45. The predicted octanol–water partition coefficient (Wildman–Crippen LogP) is 5.78. The Morgan fingerprint density at radius 2 is 1.17 bits per heavy atom. The Hall–Kier alpha value is -0.740. The number of hydrogen-bond acceptors (Lipinski definition) is 1. The molecule has 0 aliphatic rings. The van der Waals surface area contributed by atoms with E-state index in [0.29, 0.717) is 6.92 Å². The van der Waals surface area contributed by atoms with Crippen molar-refractivity contribution in [3.05, 3.63) is 0 Å². The van der Waals surface area contributed by atoms with E-state index < -0.39 is 54.7 Å². The van der Waals surface area contributed by atoms with Crippen molar-refractivity contribution in [2.75, 3.05) is 6.67 Å². The Morgan fingerprint density at radius 3 is 1.42 bits per heavy atom. The van der Waals surface area contributed by atoms with Crippen molar-refractivity contribution in [2.45, 2.75) is 75.7 Å². The summed E-state index contributed by atoms with van der Waals surface area (Å²) in [6.45, 7) is -0.987. The first-order chi connectivity index (χ1) is 10.4. The van der Waals surface area contributed by atoms with Gasteiger partial charge >= 0.3 is 23.9 Å². The first-order valence-electron chi connectivity index (χ1n) is 6.85. The van der Waals surface area contributed by atoms with Gasteiger partial charge in [-0.25, -0.2) is 22.0 Å². The van der Waals surface area contributed by atoms with Gasteiger partial charge in [0, 0.05) is 0 Å². The summed E-state index contributed by atoms with van der Waals surface area (Å²) < 4.78 is 138. The maximum Gasteiger partial charge on any atom is 0.434 e. The summed E-state index contributed by atoms with van der Waals surface area (Å²) in [6.07, 6.45) is -15.0. The Kier molecular flexibility index (Phi) is 6.33. The van der Waals surface area contributed by atoms with E-state index in [-0.39, 0.29) is 13.8 Å². The second kappa shape index (κ2) is 6.53. The Bertz CT molecular complexity index is 433. The van der Waals surface area contributed by atoms with E-state index in [1.165, 1.54) is 0 Å². The van der Waals surface area contributed by atoms with Gasteiger partial charge in [-0.05, 0) is 26.7 Å². The number of hydrogen-bond donors (Lipinski definition) is 0. The van der Waals surface area contributed by atoms with E-state index in [0.717, 1.165) is 6.92 Å². The lowest BCUT2D eigenvalue weighted by Crippen LogP contribution is -2.69. The van der Waals surface area contributed by atoms with Gasteiger partial charge in [0.05, 0.1) is 0 Å². The van der Waals surface area contributed by atoms with Crippen LogP contribution in [0.2, 0.25) is 0 Å². The van der Waals surface area contributed by atoms with Gasteiger partial charge in [0.25, 0.3) is 0 Å². The van der Waals surface area contributed by atoms with Crippen LogP contribution in [0.25, 0.3) is 0 Å². The summed E-state index contributed by atoms with van der Waals surface area (Å²) >= 11 is 0. The van der Waals surface area contributed by atoms with Crippen molar-refractivity contribution in [1.82, 2.24) is 0 Å². The number of ether oxygens (including phenoxy) is 1. The number of halogens is 10. The quantitative estimate of drug-likeness (QED) is 0.485. The molecule has 0 saturated carbocycles. The van der Waals surface area contributed by atoms with Crippen molar-refractivity contribution in [1.29, 1.82) is 0 Å². The molecule has 11 heteroatoms. The lowest BCUT2D eigenvalue weighted by molar-refractivity contribution is -0.442. The van der Waals surface area contributed by atoms with Gasteiger partial charge in [0.2, 0.25) is 0 Å². The molecule has 0 fully saturated rings. The fraction of sp³-hybridized carbons (Fsp3) is 1.00. The van der Waals surface area contributed by atoms with Gasteiger partial charge in [0.1, 0.15) is 5.60 Å². The molecule has 0 rings (SSSR count). The molecule has 0 heterocycles. The fourth-order valence-corrected chi connectivity index (χ4v) is 1.91. The average molecular weight is 380 g/mol. The molecule has 0 bridgehead atoms. The molecule has 1 nitrogen and oxygen atoms in total. The van der Waals surface area contributed by atoms with E-state index in [1.807, 2.05) is 0 Å². The first-order valence-corrected chi connectivity index (χ1v) is 6.85. The molecule has 0 saturated heterocycles. The maximum atomic E-state index is 14.3. The lowest BCUT2D eigenvalue weighted by atomic mass is 9.83. The van der Waals surface area contributed by atoms with Gasteiger partial charge in [-0.2, -0.15) is 22.0 Å². The van der Waals surface area contributed by atoms with Crippen molar-refractivity contribution < 1.29 is 48.6 Å². The number of rotatable bonds is 8. The molecule has 0 aromatic heterocycles. The second-order valence-corrected chi connectivity index (χ2v) is 5.75. The molecule has 146 valence electrons.